The summed E-state index contributed by atoms with van der Waals surface area (Å²) >= 11 is 0. The lowest BCUT2D eigenvalue weighted by Crippen LogP contribution is -2.31. The van der Waals surface area contributed by atoms with E-state index in [-0.39, 0.29) is 11.5 Å². The molecule has 0 aliphatic carbocycles. The van der Waals surface area contributed by atoms with Crippen LogP contribution >= 0.6 is 0 Å². The van der Waals surface area contributed by atoms with Crippen molar-refractivity contribution in [3.8, 4) is 11.5 Å². The average molecular weight is 363 g/mol. The summed E-state index contributed by atoms with van der Waals surface area (Å²) in [5.74, 6) is 2.91. The fourth-order valence-electron chi connectivity index (χ4n) is 3.50. The van der Waals surface area contributed by atoms with Crippen LogP contribution in [0, 0.1) is 6.92 Å². The van der Waals surface area contributed by atoms with Gasteiger partial charge in [-0.1, -0.05) is 0 Å². The largest absolute Gasteiger partial charge is 0.478 e. The van der Waals surface area contributed by atoms with Gasteiger partial charge in [-0.25, -0.2) is 0 Å². The number of hydrogen-bond acceptors (Lipinski definition) is 6. The molecule has 0 amide bonds. The topological polar surface area (TPSA) is 65.0 Å². The van der Waals surface area contributed by atoms with Crippen molar-refractivity contribution in [2.75, 3.05) is 6.73 Å². The summed E-state index contributed by atoms with van der Waals surface area (Å²) in [6, 6.07) is 9.26. The Bertz CT molecular complexity index is 1030. The number of benzene rings is 1. The molecule has 2 aliphatic heterocycles. The number of hydrogen-bond donors (Lipinski definition) is 0. The zero-order valence-electron chi connectivity index (χ0n) is 14.7. The molecule has 27 heavy (non-hydrogen) atoms. The molecule has 1 aromatic carbocycles. The van der Waals surface area contributed by atoms with Crippen LogP contribution in [0.15, 0.2) is 57.5 Å². The molecule has 0 radical (unpaired) electrons. The monoisotopic (exact) mass is 363 g/mol. The molecule has 0 saturated heterocycles. The summed E-state index contributed by atoms with van der Waals surface area (Å²) in [4.78, 5) is 15.0. The first-order chi connectivity index (χ1) is 13.2. The first kappa shape index (κ1) is 16.0. The van der Waals surface area contributed by atoms with E-state index in [0.29, 0.717) is 36.9 Å². The van der Waals surface area contributed by atoms with E-state index in [2.05, 4.69) is 4.90 Å². The van der Waals surface area contributed by atoms with Crippen molar-refractivity contribution in [2.24, 2.45) is 0 Å². The number of fused-ring (bicyclic) bond motifs is 3. The minimum atomic E-state index is -0.134. The second-order valence-electron chi connectivity index (χ2n) is 6.67. The van der Waals surface area contributed by atoms with Crippen LogP contribution in [0.25, 0.3) is 6.08 Å². The Hall–Kier alpha value is -3.25. The van der Waals surface area contributed by atoms with Gasteiger partial charge in [-0.15, -0.1) is 0 Å². The quantitative estimate of drug-likeness (QED) is 0.652. The van der Waals surface area contributed by atoms with Crippen LogP contribution in [0.1, 0.15) is 33.0 Å². The number of aryl methyl sites for hydroxylation is 1. The van der Waals surface area contributed by atoms with E-state index in [1.54, 1.807) is 30.7 Å². The number of furan rings is 2. The second kappa shape index (κ2) is 6.17. The lowest BCUT2D eigenvalue weighted by Gasteiger charge is -2.29. The molecule has 0 atom stereocenters. The maximum Gasteiger partial charge on any atom is 0.232 e. The Balaban J connectivity index is 1.50. The first-order valence-corrected chi connectivity index (χ1v) is 8.71. The van der Waals surface area contributed by atoms with Crippen molar-refractivity contribution in [3.05, 3.63) is 76.8 Å². The van der Waals surface area contributed by atoms with Crippen LogP contribution in [-0.4, -0.2) is 17.4 Å². The van der Waals surface area contributed by atoms with Gasteiger partial charge >= 0.3 is 0 Å². The fraction of sp³-hybridized carbons (Fsp3) is 0.190. The molecular formula is C21H17NO5. The van der Waals surface area contributed by atoms with Crippen molar-refractivity contribution in [1.29, 1.82) is 0 Å². The predicted molar refractivity (Wildman–Crippen MR) is 96.3 cm³/mol. The number of ketones is 1. The van der Waals surface area contributed by atoms with Gasteiger partial charge < -0.3 is 18.3 Å². The fourth-order valence-corrected chi connectivity index (χ4v) is 3.50. The molecule has 4 heterocycles. The van der Waals surface area contributed by atoms with Gasteiger partial charge in [-0.2, -0.15) is 0 Å². The Morgan fingerprint density at radius 3 is 2.81 bits per heavy atom. The highest BCUT2D eigenvalue weighted by Gasteiger charge is 2.35. The molecule has 136 valence electrons. The Kier molecular flexibility index (Phi) is 3.65. The van der Waals surface area contributed by atoms with Crippen LogP contribution in [0.5, 0.6) is 11.5 Å². The number of allylic oxidation sites excluding steroid dienone is 1. The molecule has 2 aliphatic rings. The maximum absolute atomic E-state index is 12.9. The van der Waals surface area contributed by atoms with Gasteiger partial charge in [-0.05, 0) is 42.8 Å². The van der Waals surface area contributed by atoms with E-state index in [1.165, 1.54) is 0 Å². The van der Waals surface area contributed by atoms with Crippen LogP contribution in [0.3, 0.4) is 0 Å². The van der Waals surface area contributed by atoms with Crippen LogP contribution in [-0.2, 0) is 13.1 Å². The van der Waals surface area contributed by atoms with Gasteiger partial charge in [0.05, 0.1) is 30.2 Å². The molecule has 0 spiro atoms. The first-order valence-electron chi connectivity index (χ1n) is 8.71. The molecule has 6 heteroatoms. The molecule has 0 saturated carbocycles. The van der Waals surface area contributed by atoms with Gasteiger partial charge in [0.25, 0.3) is 0 Å². The minimum absolute atomic E-state index is 0.134. The maximum atomic E-state index is 12.9. The van der Waals surface area contributed by atoms with E-state index in [4.69, 9.17) is 18.3 Å². The molecular weight excluding hydrogens is 346 g/mol. The Labute approximate surface area is 155 Å². The molecule has 0 fully saturated rings. The third kappa shape index (κ3) is 2.74. The summed E-state index contributed by atoms with van der Waals surface area (Å²) in [5, 5.41) is 0. The highest BCUT2D eigenvalue weighted by Crippen LogP contribution is 2.44. The van der Waals surface area contributed by atoms with Gasteiger partial charge in [0, 0.05) is 12.6 Å². The SMILES string of the molecule is Cc1cc2c(c3c1C(=O)/C(=C/c1ccco1)O3)CN(Cc1ccco1)CO2. The van der Waals surface area contributed by atoms with Crippen LogP contribution in [0.4, 0.5) is 0 Å². The number of carbonyl (C=O) groups excluding carboxylic acids is 1. The molecule has 0 N–H and O–H groups in total. The smallest absolute Gasteiger partial charge is 0.232 e. The standard InChI is InChI=1S/C21H17NO5/c1-13-8-17-16(11-22(12-26-17)10-15-5-3-7-25-15)21-19(13)20(23)18(27-21)9-14-4-2-6-24-14/h2-9H,10-12H2,1H3/b18-9-. The van der Waals surface area contributed by atoms with E-state index < -0.39 is 0 Å². The van der Waals surface area contributed by atoms with Crippen molar-refractivity contribution < 1.29 is 23.1 Å². The molecule has 5 rings (SSSR count). The summed E-state index contributed by atoms with van der Waals surface area (Å²) in [6.07, 6.45) is 4.84. The van der Waals surface area contributed by atoms with Gasteiger partial charge in [0.15, 0.2) is 5.76 Å². The number of carbonyl (C=O) groups is 1. The Morgan fingerprint density at radius 2 is 2.04 bits per heavy atom. The number of rotatable bonds is 3. The molecule has 0 unspecified atom stereocenters. The van der Waals surface area contributed by atoms with Crippen molar-refractivity contribution in [1.82, 2.24) is 4.90 Å². The van der Waals surface area contributed by atoms with Crippen molar-refractivity contribution in [2.45, 2.75) is 20.0 Å². The van der Waals surface area contributed by atoms with Crippen molar-refractivity contribution >= 4 is 11.9 Å². The molecule has 6 nitrogen and oxygen atoms in total. The highest BCUT2D eigenvalue weighted by atomic mass is 16.5. The van der Waals surface area contributed by atoms with Gasteiger partial charge in [0.2, 0.25) is 5.78 Å². The number of Topliss-reactive ketones (excluding diaryl/α,β-unsaturated/α-hetero) is 1. The van der Waals surface area contributed by atoms with E-state index in [9.17, 15) is 4.79 Å². The third-order valence-electron chi connectivity index (χ3n) is 4.76. The lowest BCUT2D eigenvalue weighted by atomic mass is 9.99. The summed E-state index contributed by atoms with van der Waals surface area (Å²) in [7, 11) is 0. The zero-order chi connectivity index (χ0) is 18.4. The van der Waals surface area contributed by atoms with E-state index in [1.807, 2.05) is 25.1 Å². The molecule has 3 aromatic rings. The molecule has 0 bridgehead atoms. The lowest BCUT2D eigenvalue weighted by molar-refractivity contribution is 0.0809. The van der Waals surface area contributed by atoms with E-state index in [0.717, 1.165) is 22.6 Å². The van der Waals surface area contributed by atoms with E-state index >= 15 is 0 Å². The van der Waals surface area contributed by atoms with Gasteiger partial charge in [0.1, 0.15) is 29.8 Å². The van der Waals surface area contributed by atoms with Crippen LogP contribution < -0.4 is 9.47 Å². The third-order valence-corrected chi connectivity index (χ3v) is 4.76. The zero-order valence-corrected chi connectivity index (χ0v) is 14.7. The summed E-state index contributed by atoms with van der Waals surface area (Å²) < 4.78 is 22.6. The normalized spacial score (nSPS) is 17.5. The average Bonchev–Trinajstić information content (AvgIpc) is 3.40. The molecule has 2 aromatic heterocycles. The number of nitrogens with zero attached hydrogens (tertiary/aromatic N) is 1. The van der Waals surface area contributed by atoms with Gasteiger partial charge in [-0.3, -0.25) is 9.69 Å². The number of ether oxygens (including phenoxy) is 2. The van der Waals surface area contributed by atoms with Crippen LogP contribution in [0.2, 0.25) is 0 Å². The minimum Gasteiger partial charge on any atom is -0.478 e. The Morgan fingerprint density at radius 1 is 1.19 bits per heavy atom. The summed E-state index contributed by atoms with van der Waals surface area (Å²) in [6.45, 7) is 3.59. The predicted octanol–water partition coefficient (Wildman–Crippen LogP) is 4.15. The second-order valence-corrected chi connectivity index (χ2v) is 6.67. The van der Waals surface area contributed by atoms with Crippen molar-refractivity contribution in [3.63, 3.8) is 0 Å². The summed E-state index contributed by atoms with van der Waals surface area (Å²) in [5.41, 5.74) is 2.32. The highest BCUT2D eigenvalue weighted by molar-refractivity contribution is 6.15.